The lowest BCUT2D eigenvalue weighted by Gasteiger charge is -2.11. The van der Waals surface area contributed by atoms with Crippen molar-refractivity contribution in [3.05, 3.63) is 30.3 Å². The summed E-state index contributed by atoms with van der Waals surface area (Å²) in [4.78, 5) is 4.56. The Morgan fingerprint density at radius 3 is 2.62 bits per heavy atom. The Morgan fingerprint density at radius 1 is 1.10 bits per heavy atom. The molecule has 0 saturated heterocycles. The maximum Gasteiger partial charge on any atom is 0.191 e. The van der Waals surface area contributed by atoms with Crippen LogP contribution in [-0.4, -0.2) is 45.9 Å². The number of hydrogen-bond acceptors (Lipinski definition) is 3. The number of ether oxygens (including phenoxy) is 1. The molecule has 0 fully saturated rings. The van der Waals surface area contributed by atoms with Crippen LogP contribution in [0.15, 0.2) is 35.3 Å². The van der Waals surface area contributed by atoms with E-state index in [9.17, 15) is 0 Å². The maximum absolute atomic E-state index is 5.03. The molecule has 0 spiro atoms. The number of benzene rings is 1. The number of nitrogens with zero attached hydrogens (tertiary/aromatic N) is 1. The van der Waals surface area contributed by atoms with E-state index in [1.54, 1.807) is 7.11 Å². The van der Waals surface area contributed by atoms with Gasteiger partial charge in [-0.05, 0) is 31.9 Å². The zero-order chi connectivity index (χ0) is 15.2. The summed E-state index contributed by atoms with van der Waals surface area (Å²) >= 11 is 0. The largest absolute Gasteiger partial charge is 0.385 e. The number of nitrogens with one attached hydrogen (secondary N) is 3. The van der Waals surface area contributed by atoms with Gasteiger partial charge in [-0.3, -0.25) is 4.99 Å². The number of para-hydroxylation sites is 1. The summed E-state index contributed by atoms with van der Waals surface area (Å²) in [5.74, 6) is 0.883. The van der Waals surface area contributed by atoms with E-state index in [0.29, 0.717) is 0 Å². The van der Waals surface area contributed by atoms with Crippen molar-refractivity contribution in [2.45, 2.75) is 19.8 Å². The van der Waals surface area contributed by atoms with Gasteiger partial charge in [0.2, 0.25) is 0 Å². The Bertz CT molecular complexity index is 381. The third-order valence-corrected chi connectivity index (χ3v) is 2.87. The topological polar surface area (TPSA) is 57.7 Å². The predicted molar refractivity (Wildman–Crippen MR) is 90.0 cm³/mol. The van der Waals surface area contributed by atoms with E-state index in [1.165, 1.54) is 0 Å². The van der Waals surface area contributed by atoms with E-state index in [0.717, 1.165) is 57.3 Å². The van der Waals surface area contributed by atoms with E-state index in [1.807, 2.05) is 18.2 Å². The zero-order valence-electron chi connectivity index (χ0n) is 13.2. The molecule has 0 bridgehead atoms. The van der Waals surface area contributed by atoms with Crippen LogP contribution in [0.25, 0.3) is 0 Å². The molecule has 5 nitrogen and oxygen atoms in total. The SMILES string of the molecule is CCNC(=NCCCNc1ccccc1)NCCCOC. The van der Waals surface area contributed by atoms with Crippen LogP contribution in [0.3, 0.4) is 0 Å². The van der Waals surface area contributed by atoms with Crippen LogP contribution < -0.4 is 16.0 Å². The minimum Gasteiger partial charge on any atom is -0.385 e. The van der Waals surface area contributed by atoms with Crippen LogP contribution in [0.2, 0.25) is 0 Å². The monoisotopic (exact) mass is 292 g/mol. The Morgan fingerprint density at radius 2 is 1.90 bits per heavy atom. The van der Waals surface area contributed by atoms with Gasteiger partial charge in [0.05, 0.1) is 0 Å². The number of aliphatic imine (C=N–C) groups is 1. The highest BCUT2D eigenvalue weighted by Gasteiger charge is 1.96. The Kier molecular flexibility index (Phi) is 9.91. The third kappa shape index (κ3) is 8.92. The van der Waals surface area contributed by atoms with Crippen LogP contribution in [-0.2, 0) is 4.74 Å². The first-order valence-corrected chi connectivity index (χ1v) is 7.67. The summed E-state index contributed by atoms with van der Waals surface area (Å²) in [6.07, 6.45) is 1.99. The summed E-state index contributed by atoms with van der Waals surface area (Å²) < 4.78 is 5.03. The van der Waals surface area contributed by atoms with Crippen LogP contribution >= 0.6 is 0 Å². The quantitative estimate of drug-likeness (QED) is 0.351. The second-order valence-corrected chi connectivity index (χ2v) is 4.68. The summed E-state index contributed by atoms with van der Waals surface area (Å²) in [5, 5.41) is 9.93. The predicted octanol–water partition coefficient (Wildman–Crippen LogP) is 2.08. The minimum absolute atomic E-state index is 0.771. The molecule has 21 heavy (non-hydrogen) atoms. The molecule has 0 saturated carbocycles. The zero-order valence-corrected chi connectivity index (χ0v) is 13.2. The van der Waals surface area contributed by atoms with Crippen molar-refractivity contribution in [1.82, 2.24) is 10.6 Å². The molecule has 0 radical (unpaired) electrons. The van der Waals surface area contributed by atoms with Crippen molar-refractivity contribution in [3.63, 3.8) is 0 Å². The lowest BCUT2D eigenvalue weighted by atomic mass is 10.3. The van der Waals surface area contributed by atoms with Gasteiger partial charge in [-0.1, -0.05) is 18.2 Å². The fourth-order valence-corrected chi connectivity index (χ4v) is 1.82. The first-order valence-electron chi connectivity index (χ1n) is 7.67. The Hall–Kier alpha value is -1.75. The Balaban J connectivity index is 2.17. The normalized spacial score (nSPS) is 11.2. The van der Waals surface area contributed by atoms with Gasteiger partial charge in [0.15, 0.2) is 5.96 Å². The van der Waals surface area contributed by atoms with E-state index < -0.39 is 0 Å². The van der Waals surface area contributed by atoms with Gasteiger partial charge in [-0.15, -0.1) is 0 Å². The molecule has 1 aromatic carbocycles. The second kappa shape index (κ2) is 12.0. The van der Waals surface area contributed by atoms with E-state index in [-0.39, 0.29) is 0 Å². The van der Waals surface area contributed by atoms with Gasteiger partial charge in [-0.2, -0.15) is 0 Å². The van der Waals surface area contributed by atoms with Crippen molar-refractivity contribution >= 4 is 11.6 Å². The first kappa shape index (κ1) is 17.3. The van der Waals surface area contributed by atoms with Gasteiger partial charge in [-0.25, -0.2) is 0 Å². The molecule has 1 aromatic rings. The standard InChI is InChI=1S/C16H28N4O/c1-3-17-16(20-13-8-14-21-2)19-12-7-11-18-15-9-5-4-6-10-15/h4-6,9-10,18H,3,7-8,11-14H2,1-2H3,(H2,17,19,20). The van der Waals surface area contributed by atoms with E-state index >= 15 is 0 Å². The van der Waals surface area contributed by atoms with Crippen molar-refractivity contribution in [3.8, 4) is 0 Å². The van der Waals surface area contributed by atoms with Crippen molar-refractivity contribution in [2.24, 2.45) is 4.99 Å². The van der Waals surface area contributed by atoms with Gasteiger partial charge in [0.1, 0.15) is 0 Å². The third-order valence-electron chi connectivity index (χ3n) is 2.87. The molecule has 1 rings (SSSR count). The fourth-order valence-electron chi connectivity index (χ4n) is 1.82. The van der Waals surface area contributed by atoms with Crippen LogP contribution in [0.1, 0.15) is 19.8 Å². The highest BCUT2D eigenvalue weighted by Crippen LogP contribution is 2.04. The summed E-state index contributed by atoms with van der Waals surface area (Å²) in [5.41, 5.74) is 1.16. The smallest absolute Gasteiger partial charge is 0.191 e. The second-order valence-electron chi connectivity index (χ2n) is 4.68. The highest BCUT2D eigenvalue weighted by molar-refractivity contribution is 5.79. The average Bonchev–Trinajstić information content (AvgIpc) is 2.52. The van der Waals surface area contributed by atoms with Gasteiger partial charge < -0.3 is 20.7 Å². The molecule has 0 aliphatic rings. The van der Waals surface area contributed by atoms with Crippen LogP contribution in [0.4, 0.5) is 5.69 Å². The Labute approximate surface area is 128 Å². The number of rotatable bonds is 10. The van der Waals surface area contributed by atoms with Gasteiger partial charge >= 0.3 is 0 Å². The van der Waals surface area contributed by atoms with Crippen molar-refractivity contribution < 1.29 is 4.74 Å². The molecule has 0 aliphatic carbocycles. The van der Waals surface area contributed by atoms with Gasteiger partial charge in [0, 0.05) is 45.6 Å². The maximum atomic E-state index is 5.03. The van der Waals surface area contributed by atoms with Crippen molar-refractivity contribution in [1.29, 1.82) is 0 Å². The lowest BCUT2D eigenvalue weighted by Crippen LogP contribution is -2.38. The average molecular weight is 292 g/mol. The number of methoxy groups -OCH3 is 1. The summed E-state index contributed by atoms with van der Waals surface area (Å²) in [6.45, 7) is 6.33. The molecule has 0 unspecified atom stereocenters. The number of hydrogen-bond donors (Lipinski definition) is 3. The summed E-state index contributed by atoms with van der Waals surface area (Å²) in [6, 6.07) is 10.2. The minimum atomic E-state index is 0.771. The van der Waals surface area contributed by atoms with Crippen LogP contribution in [0, 0.1) is 0 Å². The molecule has 0 amide bonds. The molecule has 0 atom stereocenters. The molecular formula is C16H28N4O. The summed E-state index contributed by atoms with van der Waals surface area (Å²) in [7, 11) is 1.72. The molecule has 0 aliphatic heterocycles. The van der Waals surface area contributed by atoms with Gasteiger partial charge in [0.25, 0.3) is 0 Å². The first-order chi connectivity index (χ1) is 10.4. The number of anilines is 1. The lowest BCUT2D eigenvalue weighted by molar-refractivity contribution is 0.195. The molecule has 0 aromatic heterocycles. The van der Waals surface area contributed by atoms with Crippen LogP contribution in [0.5, 0.6) is 0 Å². The van der Waals surface area contributed by atoms with Crippen molar-refractivity contribution in [2.75, 3.05) is 45.2 Å². The van der Waals surface area contributed by atoms with E-state index in [2.05, 4.69) is 40.0 Å². The molecule has 3 N–H and O–H groups in total. The molecular weight excluding hydrogens is 264 g/mol. The molecule has 118 valence electrons. The molecule has 5 heteroatoms. The fraction of sp³-hybridized carbons (Fsp3) is 0.562. The number of guanidine groups is 1. The molecule has 0 heterocycles. The highest BCUT2D eigenvalue weighted by atomic mass is 16.5. The van der Waals surface area contributed by atoms with E-state index in [4.69, 9.17) is 4.74 Å².